The van der Waals surface area contributed by atoms with Crippen molar-refractivity contribution in [2.45, 2.75) is 0 Å². The smallest absolute Gasteiger partial charge is 0.141 e. The molecule has 1 aromatic heterocycles. The molecule has 0 radical (unpaired) electrons. The molecule has 0 aliphatic carbocycles. The van der Waals surface area contributed by atoms with Gasteiger partial charge < -0.3 is 5.73 Å². The second kappa shape index (κ2) is 4.33. The van der Waals surface area contributed by atoms with Gasteiger partial charge in [0.15, 0.2) is 0 Å². The summed E-state index contributed by atoms with van der Waals surface area (Å²) in [5.41, 5.74) is 7.81. The highest BCUT2D eigenvalue weighted by atomic mass is 79.9. The summed E-state index contributed by atoms with van der Waals surface area (Å²) in [7, 11) is 0. The van der Waals surface area contributed by atoms with Crippen LogP contribution in [0.4, 0.5) is 5.82 Å². The highest BCUT2D eigenvalue weighted by Gasteiger charge is 2.10. The molecule has 1 heterocycles. The Kier molecular flexibility index (Phi) is 2.88. The highest BCUT2D eigenvalue weighted by molar-refractivity contribution is 9.10. The fraction of sp³-hybridized carbons (Fsp3) is 0. The molecule has 0 saturated heterocycles. The Labute approximate surface area is 102 Å². The molecule has 0 aliphatic heterocycles. The number of benzene rings is 1. The van der Waals surface area contributed by atoms with Crippen molar-refractivity contribution >= 4 is 21.7 Å². The quantitative estimate of drug-likeness (QED) is 0.869. The topological polar surface area (TPSA) is 62.7 Å². The van der Waals surface area contributed by atoms with Crippen molar-refractivity contribution in [1.29, 1.82) is 5.26 Å². The van der Waals surface area contributed by atoms with Gasteiger partial charge in [-0.15, -0.1) is 0 Å². The number of hydrogen-bond donors (Lipinski definition) is 1. The molecular weight excluding hydrogens is 266 g/mol. The predicted molar refractivity (Wildman–Crippen MR) is 66.5 cm³/mol. The zero-order valence-electron chi connectivity index (χ0n) is 8.31. The van der Waals surface area contributed by atoms with E-state index in [0.29, 0.717) is 5.56 Å². The molecule has 2 N–H and O–H groups in total. The Bertz CT molecular complexity index is 573. The van der Waals surface area contributed by atoms with E-state index in [2.05, 4.69) is 27.0 Å². The first kappa shape index (κ1) is 10.7. The van der Waals surface area contributed by atoms with Gasteiger partial charge in [-0.1, -0.05) is 34.1 Å². The summed E-state index contributed by atoms with van der Waals surface area (Å²) in [5.74, 6) is 0.260. The lowest BCUT2D eigenvalue weighted by Crippen LogP contribution is -1.96. The number of nitrogen functional groups attached to an aromatic ring is 1. The molecule has 0 aliphatic rings. The van der Waals surface area contributed by atoms with Crippen LogP contribution in [0.15, 0.2) is 41.0 Å². The van der Waals surface area contributed by atoms with Gasteiger partial charge in [-0.25, -0.2) is 4.98 Å². The van der Waals surface area contributed by atoms with Gasteiger partial charge in [0.05, 0.1) is 0 Å². The van der Waals surface area contributed by atoms with Gasteiger partial charge in [-0.3, -0.25) is 0 Å². The zero-order chi connectivity index (χ0) is 11.5. The average Bonchev–Trinajstić information content (AvgIpc) is 2.29. The van der Waals surface area contributed by atoms with E-state index in [-0.39, 0.29) is 5.82 Å². The van der Waals surface area contributed by atoms with Crippen molar-refractivity contribution in [3.05, 3.63) is 46.6 Å². The first-order chi connectivity index (χ1) is 7.74. The molecular formula is C12H8BrN3. The molecule has 3 nitrogen and oxygen atoms in total. The van der Waals surface area contributed by atoms with Crippen LogP contribution in [0.3, 0.4) is 0 Å². The number of aromatic nitrogens is 1. The van der Waals surface area contributed by atoms with Gasteiger partial charge in [0.25, 0.3) is 0 Å². The second-order valence-corrected chi connectivity index (χ2v) is 4.06. The maximum atomic E-state index is 9.07. The van der Waals surface area contributed by atoms with Crippen LogP contribution in [0.1, 0.15) is 5.56 Å². The molecule has 0 saturated carbocycles. The second-order valence-electron chi connectivity index (χ2n) is 3.21. The first-order valence-electron chi connectivity index (χ1n) is 4.63. The van der Waals surface area contributed by atoms with Crippen LogP contribution in [0.5, 0.6) is 0 Å². The Morgan fingerprint density at radius 2 is 1.94 bits per heavy atom. The molecule has 78 valence electrons. The average molecular weight is 274 g/mol. The number of nitrogens with two attached hydrogens (primary N) is 1. The summed E-state index contributed by atoms with van der Waals surface area (Å²) >= 11 is 3.45. The summed E-state index contributed by atoms with van der Waals surface area (Å²) in [6, 6.07) is 11.6. The molecule has 4 heteroatoms. The summed E-state index contributed by atoms with van der Waals surface area (Å²) in [6.45, 7) is 0. The third kappa shape index (κ3) is 1.77. The van der Waals surface area contributed by atoms with Crippen molar-refractivity contribution in [2.24, 2.45) is 0 Å². The minimum absolute atomic E-state index is 0.260. The van der Waals surface area contributed by atoms with Crippen molar-refractivity contribution in [2.75, 3.05) is 5.73 Å². The van der Waals surface area contributed by atoms with Crippen molar-refractivity contribution in [3.63, 3.8) is 0 Å². The number of nitriles is 1. The van der Waals surface area contributed by atoms with Crippen LogP contribution in [-0.2, 0) is 0 Å². The number of hydrogen-bond acceptors (Lipinski definition) is 3. The van der Waals surface area contributed by atoms with E-state index >= 15 is 0 Å². The van der Waals surface area contributed by atoms with E-state index in [4.69, 9.17) is 11.0 Å². The largest absolute Gasteiger partial charge is 0.383 e. The molecule has 0 unspecified atom stereocenters. The van der Waals surface area contributed by atoms with Crippen molar-refractivity contribution in [1.82, 2.24) is 4.98 Å². The molecule has 1 aromatic carbocycles. The van der Waals surface area contributed by atoms with Crippen LogP contribution >= 0.6 is 15.9 Å². The van der Waals surface area contributed by atoms with Crippen molar-refractivity contribution < 1.29 is 0 Å². The van der Waals surface area contributed by atoms with E-state index in [9.17, 15) is 0 Å². The lowest BCUT2D eigenvalue weighted by Gasteiger charge is -2.07. The van der Waals surface area contributed by atoms with E-state index in [1.807, 2.05) is 24.3 Å². The summed E-state index contributed by atoms with van der Waals surface area (Å²) in [6.07, 6.45) is 1.60. The molecule has 0 atom stereocenters. The van der Waals surface area contributed by atoms with Crippen LogP contribution in [0.25, 0.3) is 11.1 Å². The Hall–Kier alpha value is -1.86. The molecule has 0 bridgehead atoms. The minimum atomic E-state index is 0.260. The molecule has 0 spiro atoms. The van der Waals surface area contributed by atoms with Crippen LogP contribution in [0.2, 0.25) is 0 Å². The third-order valence-electron chi connectivity index (χ3n) is 2.26. The summed E-state index contributed by atoms with van der Waals surface area (Å²) in [5, 5.41) is 9.07. The lowest BCUT2D eigenvalue weighted by molar-refractivity contribution is 1.31. The van der Waals surface area contributed by atoms with E-state index in [1.165, 1.54) is 0 Å². The van der Waals surface area contributed by atoms with Gasteiger partial charge in [0.2, 0.25) is 0 Å². The van der Waals surface area contributed by atoms with Gasteiger partial charge >= 0.3 is 0 Å². The number of pyridine rings is 1. The van der Waals surface area contributed by atoms with E-state index in [0.717, 1.165) is 15.6 Å². The molecule has 16 heavy (non-hydrogen) atoms. The minimum Gasteiger partial charge on any atom is -0.383 e. The van der Waals surface area contributed by atoms with E-state index in [1.54, 1.807) is 12.3 Å². The summed E-state index contributed by atoms with van der Waals surface area (Å²) < 4.78 is 0.928. The van der Waals surface area contributed by atoms with Crippen LogP contribution in [-0.4, -0.2) is 4.98 Å². The number of halogens is 1. The zero-order valence-corrected chi connectivity index (χ0v) is 9.90. The van der Waals surface area contributed by atoms with Gasteiger partial charge in [-0.2, -0.15) is 5.26 Å². The standard InChI is InChI=1S/C12H8BrN3/c13-11-4-2-1-3-9(11)8-5-6-16-12(15)10(8)7-14/h1-6H,(H2,15,16). The number of rotatable bonds is 1. The number of anilines is 1. The van der Waals surface area contributed by atoms with Gasteiger partial charge in [0, 0.05) is 16.2 Å². The molecule has 0 amide bonds. The fourth-order valence-corrected chi connectivity index (χ4v) is 2.00. The van der Waals surface area contributed by atoms with Crippen molar-refractivity contribution in [3.8, 4) is 17.2 Å². The fourth-order valence-electron chi connectivity index (χ4n) is 1.50. The molecule has 2 aromatic rings. The maximum Gasteiger partial charge on any atom is 0.141 e. The maximum absolute atomic E-state index is 9.07. The highest BCUT2D eigenvalue weighted by Crippen LogP contribution is 2.31. The molecule has 2 rings (SSSR count). The lowest BCUT2D eigenvalue weighted by atomic mass is 10.0. The molecule has 0 fully saturated rings. The van der Waals surface area contributed by atoms with Gasteiger partial charge in [0.1, 0.15) is 17.5 Å². The first-order valence-corrected chi connectivity index (χ1v) is 5.43. The van der Waals surface area contributed by atoms with Crippen LogP contribution in [0, 0.1) is 11.3 Å². The number of nitrogens with zero attached hydrogens (tertiary/aromatic N) is 2. The van der Waals surface area contributed by atoms with Gasteiger partial charge in [-0.05, 0) is 17.7 Å². The Morgan fingerprint density at radius 1 is 1.19 bits per heavy atom. The summed E-state index contributed by atoms with van der Waals surface area (Å²) in [4.78, 5) is 3.91. The Balaban J connectivity index is 2.71. The van der Waals surface area contributed by atoms with Crippen LogP contribution < -0.4 is 5.73 Å². The predicted octanol–water partition coefficient (Wildman–Crippen LogP) is 2.96. The monoisotopic (exact) mass is 273 g/mol. The SMILES string of the molecule is N#Cc1c(-c2ccccc2Br)ccnc1N. The Morgan fingerprint density at radius 3 is 2.62 bits per heavy atom. The normalized spacial score (nSPS) is 9.75. The third-order valence-corrected chi connectivity index (χ3v) is 2.95. The van der Waals surface area contributed by atoms with E-state index < -0.39 is 0 Å².